The fraction of sp³-hybridized carbons (Fsp3) is 0.538. The largest absolute Gasteiger partial charge is 0.366 e. The van der Waals surface area contributed by atoms with Crippen LogP contribution in [0.4, 0.5) is 11.8 Å². The van der Waals surface area contributed by atoms with E-state index in [4.69, 9.17) is 0 Å². The molecule has 0 fully saturated rings. The lowest BCUT2D eigenvalue weighted by Crippen LogP contribution is -2.22. The van der Waals surface area contributed by atoms with Crippen molar-refractivity contribution in [3.05, 3.63) is 10.9 Å². The second-order valence-corrected chi connectivity index (χ2v) is 6.57. The van der Waals surface area contributed by atoms with Gasteiger partial charge in [-0.05, 0) is 25.7 Å². The van der Waals surface area contributed by atoms with E-state index in [9.17, 15) is 0 Å². The fourth-order valence-electron chi connectivity index (χ4n) is 1.92. The Hall–Kier alpha value is -1.01. The van der Waals surface area contributed by atoms with Gasteiger partial charge in [0.1, 0.15) is 10.6 Å². The van der Waals surface area contributed by atoms with Crippen LogP contribution in [0, 0.1) is 6.92 Å². The van der Waals surface area contributed by atoms with Crippen molar-refractivity contribution in [2.45, 2.75) is 26.3 Å². The van der Waals surface area contributed by atoms with Crippen LogP contribution >= 0.6 is 23.1 Å². The summed E-state index contributed by atoms with van der Waals surface area (Å²) in [6, 6.07) is 2.60. The summed E-state index contributed by atoms with van der Waals surface area (Å²) in [5.74, 6) is 2.70. The van der Waals surface area contributed by atoms with Gasteiger partial charge < -0.3 is 10.6 Å². The summed E-state index contributed by atoms with van der Waals surface area (Å²) in [5, 5.41) is 7.71. The van der Waals surface area contributed by atoms with Crippen molar-refractivity contribution in [2.75, 3.05) is 29.7 Å². The Morgan fingerprint density at radius 1 is 1.42 bits per heavy atom. The van der Waals surface area contributed by atoms with E-state index in [2.05, 4.69) is 46.8 Å². The Labute approximate surface area is 122 Å². The molecular weight excluding hydrogens is 276 g/mol. The smallest absolute Gasteiger partial charge is 0.225 e. The first-order valence-electron chi connectivity index (χ1n) is 6.39. The average molecular weight is 296 g/mol. The quantitative estimate of drug-likeness (QED) is 0.853. The molecule has 104 valence electrons. The molecule has 2 rings (SSSR count). The van der Waals surface area contributed by atoms with E-state index in [1.807, 2.05) is 18.8 Å². The third-order valence-electron chi connectivity index (χ3n) is 2.94. The lowest BCUT2D eigenvalue weighted by molar-refractivity contribution is 0.771. The van der Waals surface area contributed by atoms with E-state index in [1.54, 1.807) is 11.3 Å². The van der Waals surface area contributed by atoms with Crippen LogP contribution in [0.1, 0.15) is 18.2 Å². The summed E-state index contributed by atoms with van der Waals surface area (Å²) in [6.45, 7) is 4.30. The third-order valence-corrected chi connectivity index (χ3v) is 4.62. The lowest BCUT2D eigenvalue weighted by Gasteiger charge is -2.17. The molecule has 0 aliphatic rings. The van der Waals surface area contributed by atoms with Crippen molar-refractivity contribution in [2.24, 2.45) is 0 Å². The van der Waals surface area contributed by atoms with Gasteiger partial charge in [0.2, 0.25) is 5.95 Å². The summed E-state index contributed by atoms with van der Waals surface area (Å²) < 4.78 is 0. The van der Waals surface area contributed by atoms with Gasteiger partial charge in [0.05, 0.1) is 5.39 Å². The minimum Gasteiger partial charge on any atom is -0.366 e. The fourth-order valence-corrected chi connectivity index (χ4v) is 3.52. The first-order valence-corrected chi connectivity index (χ1v) is 8.60. The van der Waals surface area contributed by atoms with Gasteiger partial charge in [0.25, 0.3) is 0 Å². The Morgan fingerprint density at radius 3 is 2.84 bits per heavy atom. The van der Waals surface area contributed by atoms with E-state index in [0.717, 1.165) is 28.2 Å². The molecule has 2 aromatic rings. The number of thioether (sulfide) groups is 1. The van der Waals surface area contributed by atoms with Crippen molar-refractivity contribution in [1.29, 1.82) is 0 Å². The van der Waals surface area contributed by atoms with Gasteiger partial charge in [-0.15, -0.1) is 11.3 Å². The van der Waals surface area contributed by atoms with E-state index >= 15 is 0 Å². The Kier molecular flexibility index (Phi) is 4.87. The van der Waals surface area contributed by atoms with Crippen molar-refractivity contribution >= 4 is 45.1 Å². The highest BCUT2D eigenvalue weighted by molar-refractivity contribution is 7.98. The molecule has 0 bridgehead atoms. The molecule has 0 aromatic carbocycles. The van der Waals surface area contributed by atoms with E-state index < -0.39 is 0 Å². The molecule has 0 amide bonds. The van der Waals surface area contributed by atoms with E-state index in [1.165, 1.54) is 4.88 Å². The number of anilines is 2. The maximum absolute atomic E-state index is 4.57. The monoisotopic (exact) mass is 296 g/mol. The van der Waals surface area contributed by atoms with Gasteiger partial charge in [-0.2, -0.15) is 16.7 Å². The second-order valence-electron chi connectivity index (χ2n) is 4.43. The molecule has 1 atom stereocenters. The van der Waals surface area contributed by atoms with Crippen molar-refractivity contribution in [3.8, 4) is 0 Å². The second kappa shape index (κ2) is 6.43. The van der Waals surface area contributed by atoms with Crippen LogP contribution in [0.5, 0.6) is 0 Å². The van der Waals surface area contributed by atoms with E-state index in [-0.39, 0.29) is 0 Å². The maximum atomic E-state index is 4.57. The van der Waals surface area contributed by atoms with Gasteiger partial charge >= 0.3 is 0 Å². The first-order chi connectivity index (χ1) is 9.17. The zero-order chi connectivity index (χ0) is 13.8. The number of aryl methyl sites for hydroxylation is 1. The van der Waals surface area contributed by atoms with Crippen LogP contribution in [-0.4, -0.2) is 35.1 Å². The van der Waals surface area contributed by atoms with Gasteiger partial charge in [-0.3, -0.25) is 0 Å². The topological polar surface area (TPSA) is 49.8 Å². The van der Waals surface area contributed by atoms with Gasteiger partial charge in [0.15, 0.2) is 0 Å². The SMILES string of the molecule is CCC(CSC)Nc1nc(NC)nc2sc(C)cc12. The first kappa shape index (κ1) is 14.4. The van der Waals surface area contributed by atoms with Gasteiger partial charge in [-0.25, -0.2) is 4.98 Å². The summed E-state index contributed by atoms with van der Waals surface area (Å²) in [5.41, 5.74) is 0. The number of aromatic nitrogens is 2. The molecule has 0 spiro atoms. The predicted molar refractivity (Wildman–Crippen MR) is 87.8 cm³/mol. The minimum absolute atomic E-state index is 0.443. The van der Waals surface area contributed by atoms with Crippen LogP contribution in [0.2, 0.25) is 0 Å². The average Bonchev–Trinajstić information content (AvgIpc) is 2.78. The lowest BCUT2D eigenvalue weighted by atomic mass is 10.2. The standard InChI is InChI=1S/C13H20N4S2/c1-5-9(7-18-4)15-11-10-6-8(2)19-12(10)17-13(14-3)16-11/h6,9H,5,7H2,1-4H3,(H2,14,15,16,17). The summed E-state index contributed by atoms with van der Waals surface area (Å²) in [6.07, 6.45) is 3.22. The number of hydrogen-bond donors (Lipinski definition) is 2. The number of hydrogen-bond acceptors (Lipinski definition) is 6. The summed E-state index contributed by atoms with van der Waals surface area (Å²) in [7, 11) is 1.85. The third kappa shape index (κ3) is 3.30. The zero-order valence-corrected chi connectivity index (χ0v) is 13.4. The van der Waals surface area contributed by atoms with Crippen LogP contribution in [0.3, 0.4) is 0 Å². The van der Waals surface area contributed by atoms with Crippen molar-refractivity contribution in [3.63, 3.8) is 0 Å². The molecule has 0 aliphatic carbocycles. The Morgan fingerprint density at radius 2 is 2.21 bits per heavy atom. The number of fused-ring (bicyclic) bond motifs is 1. The molecule has 6 heteroatoms. The molecule has 2 N–H and O–H groups in total. The molecule has 2 heterocycles. The Bertz CT molecular complexity index is 553. The maximum Gasteiger partial charge on any atom is 0.225 e. The summed E-state index contributed by atoms with van der Waals surface area (Å²) in [4.78, 5) is 11.4. The predicted octanol–water partition coefficient (Wildman–Crippen LogP) is 3.59. The minimum atomic E-state index is 0.443. The molecule has 0 radical (unpaired) electrons. The zero-order valence-electron chi connectivity index (χ0n) is 11.8. The molecule has 0 saturated carbocycles. The highest BCUT2D eigenvalue weighted by Crippen LogP contribution is 2.30. The molecule has 0 aliphatic heterocycles. The van der Waals surface area contributed by atoms with Gasteiger partial charge in [-0.1, -0.05) is 6.92 Å². The molecule has 1 unspecified atom stereocenters. The molecular formula is C13H20N4S2. The van der Waals surface area contributed by atoms with Crippen molar-refractivity contribution in [1.82, 2.24) is 9.97 Å². The molecule has 2 aromatic heterocycles. The highest BCUT2D eigenvalue weighted by atomic mass is 32.2. The Balaban J connectivity index is 2.39. The van der Waals surface area contributed by atoms with E-state index in [0.29, 0.717) is 12.0 Å². The van der Waals surface area contributed by atoms with Crippen LogP contribution < -0.4 is 10.6 Å². The molecule has 4 nitrogen and oxygen atoms in total. The number of nitrogens with one attached hydrogen (secondary N) is 2. The van der Waals surface area contributed by atoms with Crippen molar-refractivity contribution < 1.29 is 0 Å². The highest BCUT2D eigenvalue weighted by Gasteiger charge is 2.13. The number of rotatable bonds is 6. The van der Waals surface area contributed by atoms with Gasteiger partial charge in [0, 0.05) is 23.7 Å². The number of nitrogens with zero attached hydrogens (tertiary/aromatic N) is 2. The van der Waals surface area contributed by atoms with Crippen LogP contribution in [0.25, 0.3) is 10.2 Å². The molecule has 19 heavy (non-hydrogen) atoms. The normalized spacial score (nSPS) is 12.6. The van der Waals surface area contributed by atoms with Crippen LogP contribution in [-0.2, 0) is 0 Å². The molecule has 0 saturated heterocycles. The number of thiophene rings is 1. The summed E-state index contributed by atoms with van der Waals surface area (Å²) >= 11 is 3.56. The van der Waals surface area contributed by atoms with Crippen LogP contribution in [0.15, 0.2) is 6.07 Å².